The van der Waals surface area contributed by atoms with Crippen LogP contribution in [-0.2, 0) is 0 Å². The Hall–Kier alpha value is -2.41. The molecule has 0 spiro atoms. The van der Waals surface area contributed by atoms with Crippen LogP contribution in [0.2, 0.25) is 0 Å². The highest BCUT2D eigenvalue weighted by Crippen LogP contribution is 2.21. The number of hydrogen-bond acceptors (Lipinski definition) is 4. The Morgan fingerprint density at radius 2 is 1.83 bits per heavy atom. The Kier molecular flexibility index (Phi) is 4.29. The number of halogens is 2. The predicted molar refractivity (Wildman–Crippen MR) is 85.8 cm³/mol. The molecule has 0 radical (unpaired) electrons. The van der Waals surface area contributed by atoms with E-state index >= 15 is 0 Å². The molecule has 0 saturated carbocycles. The first-order chi connectivity index (χ1) is 11.1. The fourth-order valence-electron chi connectivity index (χ4n) is 2.25. The molecule has 0 aliphatic carbocycles. The Morgan fingerprint density at radius 3 is 2.48 bits per heavy atom. The molecule has 0 unspecified atom stereocenters. The van der Waals surface area contributed by atoms with Gasteiger partial charge in [-0.3, -0.25) is 9.36 Å². The minimum absolute atomic E-state index is 0.0382. The first kappa shape index (κ1) is 15.5. The lowest BCUT2D eigenvalue weighted by molar-refractivity contribution is -0.0498. The van der Waals surface area contributed by atoms with Crippen LogP contribution < -0.4 is 10.3 Å². The molecule has 0 saturated heterocycles. The van der Waals surface area contributed by atoms with Crippen LogP contribution in [0.25, 0.3) is 16.6 Å². The zero-order valence-corrected chi connectivity index (χ0v) is 12.9. The highest BCUT2D eigenvalue weighted by molar-refractivity contribution is 7.98. The molecule has 0 amide bonds. The zero-order valence-electron chi connectivity index (χ0n) is 12.1. The molecule has 0 aliphatic rings. The van der Waals surface area contributed by atoms with E-state index < -0.39 is 6.61 Å². The number of thioether (sulfide) groups is 1. The van der Waals surface area contributed by atoms with Crippen LogP contribution in [0.15, 0.2) is 58.5 Å². The van der Waals surface area contributed by atoms with Gasteiger partial charge in [0.2, 0.25) is 0 Å². The zero-order chi connectivity index (χ0) is 16.4. The topological polar surface area (TPSA) is 44.1 Å². The van der Waals surface area contributed by atoms with E-state index in [2.05, 4.69) is 9.72 Å². The molecule has 0 N–H and O–H groups in total. The predicted octanol–water partition coefficient (Wildman–Crippen LogP) is 3.71. The van der Waals surface area contributed by atoms with Crippen LogP contribution in [0.4, 0.5) is 8.78 Å². The van der Waals surface area contributed by atoms with Crippen molar-refractivity contribution in [3.05, 3.63) is 58.9 Å². The minimum Gasteiger partial charge on any atom is -0.435 e. The van der Waals surface area contributed by atoms with E-state index in [1.54, 1.807) is 30.3 Å². The summed E-state index contributed by atoms with van der Waals surface area (Å²) in [7, 11) is 0. The number of nitrogens with zero attached hydrogens (tertiary/aromatic N) is 2. The molecule has 118 valence electrons. The third kappa shape index (κ3) is 3.05. The third-order valence-corrected chi connectivity index (χ3v) is 3.89. The van der Waals surface area contributed by atoms with Gasteiger partial charge in [0.15, 0.2) is 5.16 Å². The van der Waals surface area contributed by atoms with Crippen molar-refractivity contribution in [1.82, 2.24) is 9.55 Å². The van der Waals surface area contributed by atoms with Gasteiger partial charge in [-0.05, 0) is 42.7 Å². The maximum Gasteiger partial charge on any atom is 0.387 e. The van der Waals surface area contributed by atoms with Crippen molar-refractivity contribution in [2.24, 2.45) is 0 Å². The van der Waals surface area contributed by atoms with Gasteiger partial charge >= 0.3 is 6.61 Å². The van der Waals surface area contributed by atoms with Crippen LogP contribution in [0.1, 0.15) is 0 Å². The lowest BCUT2D eigenvalue weighted by Gasteiger charge is -2.12. The van der Waals surface area contributed by atoms with Crippen molar-refractivity contribution < 1.29 is 13.5 Å². The van der Waals surface area contributed by atoms with Crippen molar-refractivity contribution in [1.29, 1.82) is 0 Å². The van der Waals surface area contributed by atoms with Crippen LogP contribution in [0, 0.1) is 0 Å². The molecule has 0 bridgehead atoms. The lowest BCUT2D eigenvalue weighted by Crippen LogP contribution is -2.21. The summed E-state index contributed by atoms with van der Waals surface area (Å²) in [5, 5.41) is 1.02. The largest absolute Gasteiger partial charge is 0.435 e. The number of hydrogen-bond donors (Lipinski definition) is 0. The Bertz CT molecular complexity index is 895. The second-order valence-electron chi connectivity index (χ2n) is 4.63. The molecule has 3 rings (SSSR count). The molecular weight excluding hydrogens is 322 g/mol. The number of ether oxygens (including phenoxy) is 1. The molecule has 1 heterocycles. The summed E-state index contributed by atoms with van der Waals surface area (Å²) < 4.78 is 30.2. The number of aromatic nitrogens is 2. The van der Waals surface area contributed by atoms with Crippen LogP contribution in [-0.4, -0.2) is 22.4 Å². The molecule has 0 fully saturated rings. The summed E-state index contributed by atoms with van der Waals surface area (Å²) in [6.45, 7) is -2.88. The van der Waals surface area contributed by atoms with Crippen LogP contribution in [0.5, 0.6) is 5.75 Å². The monoisotopic (exact) mass is 334 g/mol. The second-order valence-corrected chi connectivity index (χ2v) is 5.40. The van der Waals surface area contributed by atoms with Crippen molar-refractivity contribution in [2.75, 3.05) is 6.26 Å². The molecule has 7 heteroatoms. The standard InChI is InChI=1S/C16H12F2N2O2S/c1-23-16-19-13-5-3-2-4-12(13)14(21)20(16)10-6-8-11(9-7-10)22-15(17)18/h2-9,15H,1H3. The Labute approximate surface area is 134 Å². The average Bonchev–Trinajstić information content (AvgIpc) is 2.55. The van der Waals surface area contributed by atoms with Gasteiger partial charge in [0.05, 0.1) is 16.6 Å². The van der Waals surface area contributed by atoms with E-state index in [1.165, 1.54) is 28.5 Å². The first-order valence-electron chi connectivity index (χ1n) is 6.71. The number of fused-ring (bicyclic) bond motifs is 1. The maximum absolute atomic E-state index is 12.7. The highest BCUT2D eigenvalue weighted by Gasteiger charge is 2.12. The Balaban J connectivity index is 2.15. The number of para-hydroxylation sites is 1. The second kappa shape index (κ2) is 6.37. The smallest absolute Gasteiger partial charge is 0.387 e. The van der Waals surface area contributed by atoms with Gasteiger partial charge in [-0.15, -0.1) is 0 Å². The molecule has 1 aromatic heterocycles. The van der Waals surface area contributed by atoms with E-state index in [-0.39, 0.29) is 11.3 Å². The highest BCUT2D eigenvalue weighted by atomic mass is 32.2. The summed E-state index contributed by atoms with van der Waals surface area (Å²) in [6, 6.07) is 13.0. The van der Waals surface area contributed by atoms with Gasteiger partial charge in [0, 0.05) is 0 Å². The quantitative estimate of drug-likeness (QED) is 0.539. The average molecular weight is 334 g/mol. The normalized spacial score (nSPS) is 11.1. The molecule has 0 atom stereocenters. The molecular formula is C16H12F2N2O2S. The summed E-state index contributed by atoms with van der Waals surface area (Å²) in [6.07, 6.45) is 1.82. The van der Waals surface area contributed by atoms with Crippen LogP contribution >= 0.6 is 11.8 Å². The first-order valence-corrected chi connectivity index (χ1v) is 7.93. The van der Waals surface area contributed by atoms with Gasteiger partial charge < -0.3 is 4.74 Å². The van der Waals surface area contributed by atoms with E-state index in [1.807, 2.05) is 12.3 Å². The van der Waals surface area contributed by atoms with Gasteiger partial charge in [-0.25, -0.2) is 4.98 Å². The van der Waals surface area contributed by atoms with Gasteiger partial charge in [-0.1, -0.05) is 23.9 Å². The van der Waals surface area contributed by atoms with E-state index in [4.69, 9.17) is 0 Å². The number of rotatable bonds is 4. The number of benzene rings is 2. The van der Waals surface area contributed by atoms with Crippen molar-refractivity contribution in [3.8, 4) is 11.4 Å². The van der Waals surface area contributed by atoms with Gasteiger partial charge in [-0.2, -0.15) is 8.78 Å². The number of alkyl halides is 2. The van der Waals surface area contributed by atoms with Crippen LogP contribution in [0.3, 0.4) is 0 Å². The summed E-state index contributed by atoms with van der Waals surface area (Å²) >= 11 is 1.33. The van der Waals surface area contributed by atoms with Gasteiger partial charge in [0.25, 0.3) is 5.56 Å². The van der Waals surface area contributed by atoms with E-state index in [0.717, 1.165) is 0 Å². The van der Waals surface area contributed by atoms with Crippen molar-refractivity contribution >= 4 is 22.7 Å². The SMILES string of the molecule is CSc1nc2ccccc2c(=O)n1-c1ccc(OC(F)F)cc1. The Morgan fingerprint density at radius 1 is 1.13 bits per heavy atom. The fourth-order valence-corrected chi connectivity index (χ4v) is 2.81. The third-order valence-electron chi connectivity index (χ3n) is 3.25. The minimum atomic E-state index is -2.88. The molecule has 2 aromatic carbocycles. The van der Waals surface area contributed by atoms with Gasteiger partial charge in [0.1, 0.15) is 5.75 Å². The van der Waals surface area contributed by atoms with Crippen molar-refractivity contribution in [3.63, 3.8) is 0 Å². The van der Waals surface area contributed by atoms with E-state index in [0.29, 0.717) is 21.7 Å². The van der Waals surface area contributed by atoms with E-state index in [9.17, 15) is 13.6 Å². The fraction of sp³-hybridized carbons (Fsp3) is 0.125. The molecule has 0 aliphatic heterocycles. The summed E-state index contributed by atoms with van der Waals surface area (Å²) in [5.41, 5.74) is 0.956. The lowest BCUT2D eigenvalue weighted by atomic mass is 10.2. The molecule has 3 aromatic rings. The maximum atomic E-state index is 12.7. The summed E-state index contributed by atoms with van der Waals surface area (Å²) in [5.74, 6) is 0.0382. The summed E-state index contributed by atoms with van der Waals surface area (Å²) in [4.78, 5) is 17.2. The van der Waals surface area contributed by atoms with Crippen molar-refractivity contribution in [2.45, 2.75) is 11.8 Å². The molecule has 23 heavy (non-hydrogen) atoms. The molecule has 4 nitrogen and oxygen atoms in total.